The molecular weight excluding hydrogens is 460 g/mol. The van der Waals surface area contributed by atoms with Gasteiger partial charge in [0, 0.05) is 17.3 Å². The molecule has 1 aromatic heterocycles. The van der Waals surface area contributed by atoms with Crippen molar-refractivity contribution in [1.29, 1.82) is 0 Å². The van der Waals surface area contributed by atoms with Crippen LogP contribution >= 0.6 is 23.4 Å². The maximum atomic E-state index is 12.9. The summed E-state index contributed by atoms with van der Waals surface area (Å²) in [4.78, 5) is 30.0. The molecule has 162 valence electrons. The molecule has 2 aromatic carbocycles. The highest BCUT2D eigenvalue weighted by Crippen LogP contribution is 2.25. The van der Waals surface area contributed by atoms with Crippen LogP contribution in [-0.2, 0) is 21.4 Å². The number of nitrogens with zero attached hydrogens (tertiary/aromatic N) is 2. The molecule has 31 heavy (non-hydrogen) atoms. The van der Waals surface area contributed by atoms with Crippen molar-refractivity contribution in [1.82, 2.24) is 9.55 Å². The quantitative estimate of drug-likeness (QED) is 0.305. The summed E-state index contributed by atoms with van der Waals surface area (Å²) in [6, 6.07) is 10.3. The molecule has 0 aliphatic heterocycles. The minimum absolute atomic E-state index is 0.0552. The van der Waals surface area contributed by atoms with Crippen LogP contribution in [0.1, 0.15) is 6.92 Å². The maximum absolute atomic E-state index is 12.9. The van der Waals surface area contributed by atoms with Crippen LogP contribution in [0.3, 0.4) is 0 Å². The van der Waals surface area contributed by atoms with Gasteiger partial charge in [0.1, 0.15) is 0 Å². The number of anilines is 1. The summed E-state index contributed by atoms with van der Waals surface area (Å²) >= 11 is 7.14. The van der Waals surface area contributed by atoms with Gasteiger partial charge in [-0.1, -0.05) is 29.4 Å². The fourth-order valence-electron chi connectivity index (χ4n) is 2.74. The van der Waals surface area contributed by atoms with Crippen molar-refractivity contribution in [2.24, 2.45) is 5.14 Å². The van der Waals surface area contributed by atoms with Crippen LogP contribution in [0, 0.1) is 0 Å². The Kier molecular flexibility index (Phi) is 6.85. The third kappa shape index (κ3) is 5.34. The Hall–Kier alpha value is -2.66. The van der Waals surface area contributed by atoms with E-state index in [2.05, 4.69) is 16.9 Å². The van der Waals surface area contributed by atoms with E-state index in [9.17, 15) is 18.0 Å². The minimum Gasteiger partial charge on any atom is -0.325 e. The molecule has 0 bridgehead atoms. The summed E-state index contributed by atoms with van der Waals surface area (Å²) in [7, 11) is -3.82. The second-order valence-corrected chi connectivity index (χ2v) is 9.88. The average molecular weight is 479 g/mol. The molecule has 1 heterocycles. The van der Waals surface area contributed by atoms with Crippen molar-refractivity contribution in [3.8, 4) is 0 Å². The number of carbonyl (C=O) groups is 1. The molecule has 8 nitrogen and oxygen atoms in total. The zero-order valence-electron chi connectivity index (χ0n) is 16.4. The first-order chi connectivity index (χ1) is 14.6. The van der Waals surface area contributed by atoms with Crippen LogP contribution in [0.15, 0.2) is 70.0 Å². The van der Waals surface area contributed by atoms with Crippen LogP contribution in [0.4, 0.5) is 5.69 Å². The van der Waals surface area contributed by atoms with E-state index >= 15 is 0 Å². The summed E-state index contributed by atoms with van der Waals surface area (Å²) in [5, 5.41) is 8.38. The smallest absolute Gasteiger partial charge is 0.262 e. The molecule has 0 fully saturated rings. The van der Waals surface area contributed by atoms with Crippen LogP contribution in [-0.4, -0.2) is 29.1 Å². The molecule has 1 amide bonds. The Morgan fingerprint density at radius 3 is 2.61 bits per heavy atom. The third-order valence-corrected chi connectivity index (χ3v) is 6.55. The number of amides is 1. The number of nitrogens with one attached hydrogen (secondary N) is 1. The van der Waals surface area contributed by atoms with Gasteiger partial charge < -0.3 is 5.32 Å². The molecule has 0 aliphatic carbocycles. The zero-order chi connectivity index (χ0) is 22.8. The average Bonchev–Trinajstić information content (AvgIpc) is 2.70. The highest BCUT2D eigenvalue weighted by Gasteiger charge is 2.20. The molecule has 0 saturated carbocycles. The lowest BCUT2D eigenvalue weighted by atomic mass is 10.2. The molecule has 3 rings (SSSR count). The van der Waals surface area contributed by atoms with Gasteiger partial charge in [0.25, 0.3) is 5.56 Å². The molecule has 0 spiro atoms. The monoisotopic (exact) mass is 478 g/mol. The summed E-state index contributed by atoms with van der Waals surface area (Å²) in [6.45, 7) is 5.58. The predicted octanol–water partition coefficient (Wildman–Crippen LogP) is 3.00. The van der Waals surface area contributed by atoms with Gasteiger partial charge in [-0.2, -0.15) is 0 Å². The molecule has 0 aliphatic rings. The number of thioether (sulfide) groups is 1. The second-order valence-electron chi connectivity index (χ2n) is 6.58. The molecule has 3 aromatic rings. The maximum Gasteiger partial charge on any atom is 0.262 e. The van der Waals surface area contributed by atoms with Gasteiger partial charge in [-0.15, -0.1) is 6.58 Å². The zero-order valence-corrected chi connectivity index (χ0v) is 18.8. The van der Waals surface area contributed by atoms with Gasteiger partial charge >= 0.3 is 0 Å². The molecule has 0 unspecified atom stereocenters. The van der Waals surface area contributed by atoms with Crippen LogP contribution in [0.25, 0.3) is 10.9 Å². The Labute approximate surface area is 188 Å². The second kappa shape index (κ2) is 9.23. The number of fused-ring (bicyclic) bond motifs is 1. The molecule has 11 heteroatoms. The number of sulfonamides is 1. The van der Waals surface area contributed by atoms with Crippen molar-refractivity contribution in [2.75, 3.05) is 5.32 Å². The largest absolute Gasteiger partial charge is 0.325 e. The number of halogens is 1. The van der Waals surface area contributed by atoms with E-state index in [1.165, 1.54) is 28.8 Å². The number of aromatic nitrogens is 2. The van der Waals surface area contributed by atoms with Crippen molar-refractivity contribution in [3.63, 3.8) is 0 Å². The lowest BCUT2D eigenvalue weighted by molar-refractivity contribution is -0.115. The number of primary sulfonamides is 1. The molecular formula is C20H19ClN4O4S2. The lowest BCUT2D eigenvalue weighted by Gasteiger charge is -2.15. The summed E-state index contributed by atoms with van der Waals surface area (Å²) in [5.74, 6) is -0.348. The molecule has 3 N–H and O–H groups in total. The predicted molar refractivity (Wildman–Crippen MR) is 123 cm³/mol. The lowest BCUT2D eigenvalue weighted by Crippen LogP contribution is -2.26. The van der Waals surface area contributed by atoms with Gasteiger partial charge in [-0.05, 0) is 49.4 Å². The van der Waals surface area contributed by atoms with E-state index in [-0.39, 0.29) is 22.9 Å². The first-order valence-electron chi connectivity index (χ1n) is 9.01. The number of allylic oxidation sites excluding steroid dienone is 1. The summed E-state index contributed by atoms with van der Waals surface area (Å²) in [6.07, 6.45) is 1.58. The first-order valence-corrected chi connectivity index (χ1v) is 11.8. The van der Waals surface area contributed by atoms with Crippen LogP contribution in [0.5, 0.6) is 0 Å². The van der Waals surface area contributed by atoms with E-state index in [0.29, 0.717) is 26.8 Å². The summed E-state index contributed by atoms with van der Waals surface area (Å²) < 4.78 is 24.1. The van der Waals surface area contributed by atoms with Crippen molar-refractivity contribution in [3.05, 3.63) is 70.5 Å². The standard InChI is InChI=1S/C20H19ClN4O4S2/c1-3-10-25-19(27)16-9-4-13(21)11-17(16)24-20(25)30-12(2)18(26)23-14-5-7-15(8-6-14)31(22,28)29/h3-9,11-12H,1,10H2,2H3,(H,23,26)(H2,22,28,29)/t12-/m0/s1. The van der Waals surface area contributed by atoms with Crippen LogP contribution < -0.4 is 16.0 Å². The fraction of sp³-hybridized carbons (Fsp3) is 0.150. The van der Waals surface area contributed by atoms with Crippen molar-refractivity contribution in [2.45, 2.75) is 28.8 Å². The summed E-state index contributed by atoms with van der Waals surface area (Å²) in [5.41, 5.74) is 0.591. The van der Waals surface area contributed by atoms with E-state index in [1.54, 1.807) is 31.2 Å². The normalized spacial score (nSPS) is 12.5. The first kappa shape index (κ1) is 23.0. The van der Waals surface area contributed by atoms with E-state index in [4.69, 9.17) is 16.7 Å². The topological polar surface area (TPSA) is 124 Å². The minimum atomic E-state index is -3.82. The Balaban J connectivity index is 1.85. The van der Waals surface area contributed by atoms with Gasteiger partial charge in [0.15, 0.2) is 5.16 Å². The van der Waals surface area contributed by atoms with Gasteiger partial charge in [-0.25, -0.2) is 18.5 Å². The Bertz CT molecular complexity index is 1320. The Morgan fingerprint density at radius 1 is 1.32 bits per heavy atom. The van der Waals surface area contributed by atoms with E-state index in [1.807, 2.05) is 0 Å². The number of rotatable bonds is 7. The molecule has 1 atom stereocenters. The molecule has 0 saturated heterocycles. The van der Waals surface area contributed by atoms with Gasteiger partial charge in [0.05, 0.1) is 21.0 Å². The highest BCUT2D eigenvalue weighted by molar-refractivity contribution is 8.00. The van der Waals surface area contributed by atoms with Crippen molar-refractivity contribution >= 4 is 55.9 Å². The van der Waals surface area contributed by atoms with Gasteiger partial charge in [0.2, 0.25) is 15.9 Å². The fourth-order valence-corrected chi connectivity index (χ4v) is 4.34. The van der Waals surface area contributed by atoms with E-state index < -0.39 is 15.3 Å². The third-order valence-electron chi connectivity index (χ3n) is 4.30. The molecule has 0 radical (unpaired) electrons. The SMILES string of the molecule is C=CCn1c(S[C@@H](C)C(=O)Nc2ccc(S(N)(=O)=O)cc2)nc2cc(Cl)ccc2c1=O. The number of hydrogen-bond acceptors (Lipinski definition) is 6. The number of carbonyl (C=O) groups excluding carboxylic acids is 1. The number of hydrogen-bond donors (Lipinski definition) is 2. The number of benzene rings is 2. The van der Waals surface area contributed by atoms with Crippen molar-refractivity contribution < 1.29 is 13.2 Å². The highest BCUT2D eigenvalue weighted by atomic mass is 35.5. The number of nitrogens with two attached hydrogens (primary N) is 1. The van der Waals surface area contributed by atoms with Crippen LogP contribution in [0.2, 0.25) is 5.02 Å². The Morgan fingerprint density at radius 2 is 2.00 bits per heavy atom. The van der Waals surface area contributed by atoms with Gasteiger partial charge in [-0.3, -0.25) is 14.2 Å². The van der Waals surface area contributed by atoms with E-state index in [0.717, 1.165) is 11.8 Å².